The minimum absolute atomic E-state index is 0.668. The number of nitrogens with one attached hydrogen (secondary N) is 1. The van der Waals surface area contributed by atoms with Gasteiger partial charge in [0.1, 0.15) is 17.2 Å². The monoisotopic (exact) mass is 377 g/mol. The molecule has 0 saturated heterocycles. The van der Waals surface area contributed by atoms with Gasteiger partial charge in [0.25, 0.3) is 0 Å². The van der Waals surface area contributed by atoms with E-state index in [1.165, 1.54) is 42.8 Å². The van der Waals surface area contributed by atoms with Crippen molar-refractivity contribution in [1.82, 2.24) is 9.97 Å². The van der Waals surface area contributed by atoms with Gasteiger partial charge in [-0.15, -0.1) is 11.8 Å². The number of anilines is 1. The van der Waals surface area contributed by atoms with Crippen LogP contribution < -0.4 is 5.32 Å². The number of halogens is 1. The molecule has 0 amide bonds. The van der Waals surface area contributed by atoms with Crippen LogP contribution >= 0.6 is 23.4 Å². The molecule has 1 aromatic heterocycles. The van der Waals surface area contributed by atoms with E-state index in [-0.39, 0.29) is 0 Å². The van der Waals surface area contributed by atoms with E-state index in [4.69, 9.17) is 11.6 Å². The van der Waals surface area contributed by atoms with E-state index in [0.29, 0.717) is 5.02 Å². The minimum atomic E-state index is 0.668. The van der Waals surface area contributed by atoms with Gasteiger partial charge in [0.05, 0.1) is 5.69 Å². The van der Waals surface area contributed by atoms with Gasteiger partial charge in [-0.05, 0) is 37.1 Å². The molecule has 2 rings (SSSR count). The Balaban J connectivity index is 1.46. The number of rotatable bonds is 12. The number of nitrogens with zero attached hydrogens (tertiary/aromatic N) is 2. The SMILES string of the molecule is CCc1ncnc(NCCCCCCCCSc2ccccc2)c1Cl. The molecule has 1 N–H and O–H groups in total. The number of hydrogen-bond acceptors (Lipinski definition) is 4. The summed E-state index contributed by atoms with van der Waals surface area (Å²) in [5.74, 6) is 1.99. The highest BCUT2D eigenvalue weighted by molar-refractivity contribution is 7.99. The molecule has 0 bridgehead atoms. The molecule has 25 heavy (non-hydrogen) atoms. The molecule has 0 aliphatic carbocycles. The molecule has 0 radical (unpaired) electrons. The first-order valence-electron chi connectivity index (χ1n) is 9.22. The summed E-state index contributed by atoms with van der Waals surface area (Å²) in [5, 5.41) is 4.00. The van der Waals surface area contributed by atoms with Crippen molar-refractivity contribution < 1.29 is 0 Å². The van der Waals surface area contributed by atoms with Gasteiger partial charge >= 0.3 is 0 Å². The van der Waals surface area contributed by atoms with Crippen molar-refractivity contribution >= 4 is 29.2 Å². The largest absolute Gasteiger partial charge is 0.369 e. The zero-order valence-electron chi connectivity index (χ0n) is 15.0. The average Bonchev–Trinajstić information content (AvgIpc) is 2.65. The van der Waals surface area contributed by atoms with Crippen LogP contribution in [-0.4, -0.2) is 22.3 Å². The van der Waals surface area contributed by atoms with Gasteiger partial charge in [-0.3, -0.25) is 0 Å². The van der Waals surface area contributed by atoms with Gasteiger partial charge in [0.15, 0.2) is 0 Å². The summed E-state index contributed by atoms with van der Waals surface area (Å²) in [6, 6.07) is 10.7. The van der Waals surface area contributed by atoms with Crippen molar-refractivity contribution in [1.29, 1.82) is 0 Å². The molecule has 1 heterocycles. The van der Waals surface area contributed by atoms with Crippen LogP contribution in [-0.2, 0) is 6.42 Å². The van der Waals surface area contributed by atoms with Gasteiger partial charge in [0.2, 0.25) is 0 Å². The first-order valence-corrected chi connectivity index (χ1v) is 10.6. The maximum atomic E-state index is 6.27. The van der Waals surface area contributed by atoms with Crippen molar-refractivity contribution in [3.63, 3.8) is 0 Å². The lowest BCUT2D eigenvalue weighted by atomic mass is 10.1. The van der Waals surface area contributed by atoms with Crippen LogP contribution in [0.25, 0.3) is 0 Å². The summed E-state index contributed by atoms with van der Waals surface area (Å²) >= 11 is 8.23. The minimum Gasteiger partial charge on any atom is -0.369 e. The number of hydrogen-bond donors (Lipinski definition) is 1. The van der Waals surface area contributed by atoms with Crippen LogP contribution in [0, 0.1) is 0 Å². The number of benzene rings is 1. The third-order valence-corrected chi connectivity index (χ3v) is 5.57. The van der Waals surface area contributed by atoms with Crippen LogP contribution in [0.3, 0.4) is 0 Å². The van der Waals surface area contributed by atoms with Crippen molar-refractivity contribution in [2.75, 3.05) is 17.6 Å². The van der Waals surface area contributed by atoms with Crippen LogP contribution in [0.1, 0.15) is 51.1 Å². The van der Waals surface area contributed by atoms with E-state index in [1.807, 2.05) is 11.8 Å². The van der Waals surface area contributed by atoms with Crippen LogP contribution in [0.5, 0.6) is 0 Å². The third-order valence-electron chi connectivity index (χ3n) is 4.07. The van der Waals surface area contributed by atoms with E-state index < -0.39 is 0 Å². The smallest absolute Gasteiger partial charge is 0.148 e. The van der Waals surface area contributed by atoms with E-state index >= 15 is 0 Å². The molecule has 0 fully saturated rings. The highest BCUT2D eigenvalue weighted by atomic mass is 35.5. The fourth-order valence-electron chi connectivity index (χ4n) is 2.62. The summed E-state index contributed by atoms with van der Waals surface area (Å²) < 4.78 is 0. The van der Waals surface area contributed by atoms with Crippen molar-refractivity contribution in [2.24, 2.45) is 0 Å². The molecule has 136 valence electrons. The molecule has 0 unspecified atom stereocenters. The Hall–Kier alpha value is -1.26. The lowest BCUT2D eigenvalue weighted by Gasteiger charge is -2.09. The number of unbranched alkanes of at least 4 members (excludes halogenated alkanes) is 5. The standard InChI is InChI=1S/C20H28ClN3S/c1-2-18-19(21)20(24-16-23-18)22-14-10-5-3-4-6-11-15-25-17-12-8-7-9-13-17/h7-9,12-13,16H,2-6,10-11,14-15H2,1H3,(H,22,23,24). The van der Waals surface area contributed by atoms with Gasteiger partial charge in [0, 0.05) is 11.4 Å². The molecule has 5 heteroatoms. The van der Waals surface area contributed by atoms with E-state index in [0.717, 1.165) is 30.9 Å². The summed E-state index contributed by atoms with van der Waals surface area (Å²) in [5.41, 5.74) is 0.910. The Kier molecular flexibility index (Phi) is 9.75. The first kappa shape index (κ1) is 20.1. The lowest BCUT2D eigenvalue weighted by molar-refractivity contribution is 0.618. The summed E-state index contributed by atoms with van der Waals surface area (Å²) in [6.07, 6.45) is 10.1. The molecule has 0 aliphatic rings. The zero-order chi connectivity index (χ0) is 17.7. The predicted molar refractivity (Wildman–Crippen MR) is 110 cm³/mol. The third kappa shape index (κ3) is 7.66. The second-order valence-corrected chi connectivity index (χ2v) is 7.59. The molecule has 0 atom stereocenters. The summed E-state index contributed by atoms with van der Waals surface area (Å²) in [7, 11) is 0. The molecular formula is C20H28ClN3S. The highest BCUT2D eigenvalue weighted by Crippen LogP contribution is 2.22. The van der Waals surface area contributed by atoms with E-state index in [2.05, 4.69) is 52.5 Å². The quantitative estimate of drug-likeness (QED) is 0.351. The van der Waals surface area contributed by atoms with Gasteiger partial charge in [-0.2, -0.15) is 0 Å². The van der Waals surface area contributed by atoms with Crippen molar-refractivity contribution in [3.05, 3.63) is 47.4 Å². The molecule has 0 spiro atoms. The first-order chi connectivity index (χ1) is 12.3. The van der Waals surface area contributed by atoms with E-state index in [1.54, 1.807) is 6.33 Å². The molecule has 1 aromatic carbocycles. The van der Waals surface area contributed by atoms with Crippen LogP contribution in [0.15, 0.2) is 41.6 Å². The Morgan fingerprint density at radius 3 is 2.44 bits per heavy atom. The van der Waals surface area contributed by atoms with Crippen molar-refractivity contribution in [3.8, 4) is 0 Å². The molecule has 0 saturated carbocycles. The summed E-state index contributed by atoms with van der Waals surface area (Å²) in [4.78, 5) is 9.79. The van der Waals surface area contributed by atoms with Crippen LogP contribution in [0.2, 0.25) is 5.02 Å². The number of aromatic nitrogens is 2. The summed E-state index contributed by atoms with van der Waals surface area (Å²) in [6.45, 7) is 2.97. The maximum absolute atomic E-state index is 6.27. The Labute approximate surface area is 161 Å². The Morgan fingerprint density at radius 1 is 0.960 bits per heavy atom. The normalized spacial score (nSPS) is 10.8. The fourth-order valence-corrected chi connectivity index (χ4v) is 3.86. The fraction of sp³-hybridized carbons (Fsp3) is 0.500. The van der Waals surface area contributed by atoms with Crippen LogP contribution in [0.4, 0.5) is 5.82 Å². The van der Waals surface area contributed by atoms with Gasteiger partial charge in [-0.1, -0.05) is 62.4 Å². The lowest BCUT2D eigenvalue weighted by Crippen LogP contribution is -2.05. The second kappa shape index (κ2) is 12.2. The molecule has 0 aliphatic heterocycles. The zero-order valence-corrected chi connectivity index (χ0v) is 16.6. The van der Waals surface area contributed by atoms with Crippen molar-refractivity contribution in [2.45, 2.75) is 56.8 Å². The maximum Gasteiger partial charge on any atom is 0.148 e. The Bertz CT molecular complexity index is 607. The molecule has 2 aromatic rings. The Morgan fingerprint density at radius 2 is 1.68 bits per heavy atom. The average molecular weight is 378 g/mol. The highest BCUT2D eigenvalue weighted by Gasteiger charge is 2.06. The van der Waals surface area contributed by atoms with Gasteiger partial charge in [-0.25, -0.2) is 9.97 Å². The molecule has 3 nitrogen and oxygen atoms in total. The van der Waals surface area contributed by atoms with Gasteiger partial charge < -0.3 is 5.32 Å². The predicted octanol–water partition coefficient (Wildman–Crippen LogP) is 6.24. The number of aryl methyl sites for hydroxylation is 1. The number of thioether (sulfide) groups is 1. The second-order valence-electron chi connectivity index (χ2n) is 6.05. The topological polar surface area (TPSA) is 37.8 Å². The van der Waals surface area contributed by atoms with E-state index in [9.17, 15) is 0 Å². The molecular weight excluding hydrogens is 350 g/mol.